The summed E-state index contributed by atoms with van der Waals surface area (Å²) >= 11 is 0. The Labute approximate surface area is 155 Å². The van der Waals surface area contributed by atoms with Crippen LogP contribution in [0.2, 0.25) is 24.2 Å². The minimum absolute atomic E-state index is 0.654. The molecule has 0 spiro atoms. The van der Waals surface area contributed by atoms with Crippen LogP contribution in [-0.2, 0) is 17.8 Å². The minimum Gasteiger partial charge on any atom is -0.481 e. The van der Waals surface area contributed by atoms with Crippen molar-refractivity contribution in [2.75, 3.05) is 14.2 Å². The lowest BCUT2D eigenvalue weighted by atomic mass is 10.0. The van der Waals surface area contributed by atoms with Crippen LogP contribution in [0.4, 0.5) is 0 Å². The SMILES string of the molecule is CC(=O)O.CO[Si](C)(O[Si](C)(OC)C1CCCCC1)C1CCCCC1. The summed E-state index contributed by atoms with van der Waals surface area (Å²) in [5.41, 5.74) is 1.31. The van der Waals surface area contributed by atoms with E-state index in [0.717, 1.165) is 6.92 Å². The summed E-state index contributed by atoms with van der Waals surface area (Å²) < 4.78 is 18.9. The van der Waals surface area contributed by atoms with Gasteiger partial charge in [0.25, 0.3) is 5.97 Å². The molecule has 2 fully saturated rings. The van der Waals surface area contributed by atoms with Crippen LogP contribution in [-0.4, -0.2) is 42.4 Å². The van der Waals surface area contributed by atoms with Gasteiger partial charge in [-0.05, 0) is 38.8 Å². The molecule has 0 heterocycles. The van der Waals surface area contributed by atoms with Crippen molar-refractivity contribution < 1.29 is 22.9 Å². The molecule has 5 nitrogen and oxygen atoms in total. The molecule has 0 saturated heterocycles. The van der Waals surface area contributed by atoms with Crippen molar-refractivity contribution in [2.45, 2.75) is 95.3 Å². The number of hydrogen-bond donors (Lipinski definition) is 1. The van der Waals surface area contributed by atoms with Crippen LogP contribution in [0.1, 0.15) is 71.1 Å². The van der Waals surface area contributed by atoms with Crippen molar-refractivity contribution in [3.8, 4) is 0 Å². The van der Waals surface area contributed by atoms with E-state index in [1.807, 2.05) is 14.2 Å². The summed E-state index contributed by atoms with van der Waals surface area (Å²) in [4.78, 5) is 9.00. The normalized spacial score (nSPS) is 24.5. The first-order valence-corrected chi connectivity index (χ1v) is 14.6. The smallest absolute Gasteiger partial charge is 0.329 e. The van der Waals surface area contributed by atoms with Gasteiger partial charge in [0, 0.05) is 32.2 Å². The Hall–Kier alpha value is -0.216. The maximum atomic E-state index is 9.00. The van der Waals surface area contributed by atoms with Gasteiger partial charge in [0.15, 0.2) is 0 Å². The highest BCUT2D eigenvalue weighted by Gasteiger charge is 2.50. The number of rotatable bonds is 6. The fourth-order valence-electron chi connectivity index (χ4n) is 4.24. The van der Waals surface area contributed by atoms with Gasteiger partial charge in [-0.25, -0.2) is 0 Å². The second kappa shape index (κ2) is 10.8. The number of aliphatic carboxylic acids is 1. The van der Waals surface area contributed by atoms with Crippen molar-refractivity contribution in [3.63, 3.8) is 0 Å². The highest BCUT2D eigenvalue weighted by molar-refractivity contribution is 6.81. The van der Waals surface area contributed by atoms with Gasteiger partial charge in [0.2, 0.25) is 0 Å². The fraction of sp³-hybridized carbons (Fsp3) is 0.944. The summed E-state index contributed by atoms with van der Waals surface area (Å²) in [5, 5.41) is 7.42. The molecule has 0 aromatic carbocycles. The molecule has 0 aromatic rings. The molecule has 1 N–H and O–H groups in total. The van der Waals surface area contributed by atoms with Crippen molar-refractivity contribution in [1.82, 2.24) is 0 Å². The third kappa shape index (κ3) is 7.13. The predicted molar refractivity (Wildman–Crippen MR) is 105 cm³/mol. The first kappa shape index (κ1) is 22.8. The van der Waals surface area contributed by atoms with Crippen LogP contribution in [0.25, 0.3) is 0 Å². The molecule has 0 aromatic heterocycles. The Morgan fingerprint density at radius 3 is 1.32 bits per heavy atom. The van der Waals surface area contributed by atoms with E-state index in [1.165, 1.54) is 64.2 Å². The Morgan fingerprint density at radius 2 is 1.08 bits per heavy atom. The van der Waals surface area contributed by atoms with E-state index in [4.69, 9.17) is 22.9 Å². The van der Waals surface area contributed by atoms with Crippen LogP contribution in [0.5, 0.6) is 0 Å². The van der Waals surface area contributed by atoms with Crippen molar-refractivity contribution in [1.29, 1.82) is 0 Å². The van der Waals surface area contributed by atoms with Crippen LogP contribution in [0.15, 0.2) is 0 Å². The van der Waals surface area contributed by atoms with E-state index < -0.39 is 23.1 Å². The topological polar surface area (TPSA) is 65.0 Å². The molecule has 148 valence electrons. The first-order valence-electron chi connectivity index (χ1n) is 9.77. The Bertz CT molecular complexity index is 363. The number of carboxylic acids is 1. The molecular formula is C18H38O5Si2. The van der Waals surface area contributed by atoms with Crippen LogP contribution < -0.4 is 0 Å². The molecule has 2 rings (SSSR count). The van der Waals surface area contributed by atoms with E-state index in [1.54, 1.807) is 0 Å². The average molecular weight is 391 g/mol. The van der Waals surface area contributed by atoms with E-state index in [0.29, 0.717) is 11.1 Å². The van der Waals surface area contributed by atoms with Gasteiger partial charge in [-0.3, -0.25) is 4.79 Å². The van der Waals surface area contributed by atoms with Crippen LogP contribution in [0.3, 0.4) is 0 Å². The molecule has 2 atom stereocenters. The lowest BCUT2D eigenvalue weighted by Crippen LogP contribution is -2.56. The summed E-state index contributed by atoms with van der Waals surface area (Å²) in [6.07, 6.45) is 13.3. The van der Waals surface area contributed by atoms with Crippen LogP contribution in [0, 0.1) is 0 Å². The largest absolute Gasteiger partial charge is 0.481 e. The van der Waals surface area contributed by atoms with Gasteiger partial charge < -0.3 is 18.1 Å². The van der Waals surface area contributed by atoms with Gasteiger partial charge >= 0.3 is 17.1 Å². The molecule has 25 heavy (non-hydrogen) atoms. The van der Waals surface area contributed by atoms with E-state index in [9.17, 15) is 0 Å². The summed E-state index contributed by atoms with van der Waals surface area (Å²) in [6.45, 7) is 5.66. The van der Waals surface area contributed by atoms with Gasteiger partial charge in [0.1, 0.15) is 0 Å². The van der Waals surface area contributed by atoms with Gasteiger partial charge in [0.05, 0.1) is 0 Å². The van der Waals surface area contributed by atoms with E-state index >= 15 is 0 Å². The molecule has 7 heteroatoms. The third-order valence-corrected chi connectivity index (χ3v) is 14.9. The zero-order chi connectivity index (χ0) is 18.9. The third-order valence-electron chi connectivity index (χ3n) is 5.91. The second-order valence-corrected chi connectivity index (χ2v) is 15.1. The van der Waals surface area contributed by atoms with Gasteiger partial charge in [-0.15, -0.1) is 0 Å². The van der Waals surface area contributed by atoms with Gasteiger partial charge in [-0.1, -0.05) is 38.5 Å². The van der Waals surface area contributed by atoms with E-state index in [-0.39, 0.29) is 0 Å². The molecular weight excluding hydrogens is 352 g/mol. The van der Waals surface area contributed by atoms with E-state index in [2.05, 4.69) is 13.1 Å². The summed E-state index contributed by atoms with van der Waals surface area (Å²) in [6, 6.07) is 0. The summed E-state index contributed by atoms with van der Waals surface area (Å²) in [5.74, 6) is -0.833. The first-order chi connectivity index (χ1) is 11.8. The van der Waals surface area contributed by atoms with Crippen molar-refractivity contribution in [3.05, 3.63) is 0 Å². The molecule has 2 saturated carbocycles. The quantitative estimate of drug-likeness (QED) is 0.631. The Balaban J connectivity index is 0.000000705. The zero-order valence-electron chi connectivity index (χ0n) is 16.8. The average Bonchev–Trinajstić information content (AvgIpc) is 2.62. The second-order valence-electron chi connectivity index (χ2n) is 7.73. The molecule has 0 aliphatic heterocycles. The van der Waals surface area contributed by atoms with Gasteiger partial charge in [-0.2, -0.15) is 0 Å². The highest BCUT2D eigenvalue weighted by atomic mass is 28.5. The highest BCUT2D eigenvalue weighted by Crippen LogP contribution is 2.44. The molecule has 2 aliphatic carbocycles. The molecule has 0 amide bonds. The van der Waals surface area contributed by atoms with Crippen LogP contribution >= 0.6 is 0 Å². The monoisotopic (exact) mass is 390 g/mol. The maximum Gasteiger partial charge on any atom is 0.329 e. The maximum absolute atomic E-state index is 9.00. The standard InChI is InChI=1S/C16H34O3Si2.C2H4O2/c1-17-20(3,15-11-7-5-8-12-15)19-21(4,18-2)16-13-9-6-10-14-16;1-2(3)4/h15-16H,5-14H2,1-4H3;1H3,(H,3,4). The minimum atomic E-state index is -2.13. The Morgan fingerprint density at radius 1 is 0.800 bits per heavy atom. The zero-order valence-corrected chi connectivity index (χ0v) is 18.8. The fourth-order valence-corrected chi connectivity index (χ4v) is 13.0. The molecule has 2 unspecified atom stereocenters. The molecule has 2 aliphatic rings. The van der Waals surface area contributed by atoms with Crippen molar-refractivity contribution in [2.24, 2.45) is 0 Å². The molecule has 0 radical (unpaired) electrons. The predicted octanol–water partition coefficient (Wildman–Crippen LogP) is 5.20. The Kier molecular flexibility index (Phi) is 9.88. The molecule has 0 bridgehead atoms. The lowest BCUT2D eigenvalue weighted by molar-refractivity contribution is -0.134. The number of carbonyl (C=O) groups is 1. The number of hydrogen-bond acceptors (Lipinski definition) is 4. The van der Waals surface area contributed by atoms with Crippen molar-refractivity contribution >= 4 is 23.1 Å². The number of carboxylic acid groups (broad SMARTS) is 1. The lowest BCUT2D eigenvalue weighted by Gasteiger charge is -2.44. The summed E-state index contributed by atoms with van der Waals surface area (Å²) in [7, 11) is -0.518.